The van der Waals surface area contributed by atoms with Crippen LogP contribution in [0.4, 0.5) is 17.6 Å². The fourth-order valence-corrected chi connectivity index (χ4v) is 1.16. The van der Waals surface area contributed by atoms with Crippen LogP contribution in [0.5, 0.6) is 0 Å². The van der Waals surface area contributed by atoms with Gasteiger partial charge in [-0.15, -0.1) is 0 Å². The highest BCUT2D eigenvalue weighted by molar-refractivity contribution is 9.10. The molecule has 0 saturated heterocycles. The van der Waals surface area contributed by atoms with Crippen LogP contribution in [0.15, 0.2) is 16.6 Å². The highest BCUT2D eigenvalue weighted by Gasteiger charge is 2.19. The molecule has 0 N–H and O–H groups in total. The van der Waals surface area contributed by atoms with Crippen molar-refractivity contribution in [1.29, 1.82) is 0 Å². The Morgan fingerprint density at radius 3 is 1.83 bits per heavy atom. The lowest BCUT2D eigenvalue weighted by atomic mass is 10.2. The van der Waals surface area contributed by atoms with E-state index in [-0.39, 0.29) is 4.47 Å². The van der Waals surface area contributed by atoms with E-state index in [1.165, 1.54) is 0 Å². The second-order valence-corrected chi connectivity index (χ2v) is 3.00. The van der Waals surface area contributed by atoms with Crippen molar-refractivity contribution < 1.29 is 17.6 Å². The summed E-state index contributed by atoms with van der Waals surface area (Å²) in [5.41, 5.74) is -1.18. The molecule has 66 valence electrons. The summed E-state index contributed by atoms with van der Waals surface area (Å²) in [6.07, 6.45) is -3.13. The van der Waals surface area contributed by atoms with E-state index in [2.05, 4.69) is 15.9 Å². The molecule has 0 unspecified atom stereocenters. The first-order chi connectivity index (χ1) is 5.52. The van der Waals surface area contributed by atoms with E-state index in [9.17, 15) is 17.6 Å². The van der Waals surface area contributed by atoms with Gasteiger partial charge in [-0.1, -0.05) is 15.9 Å². The van der Waals surface area contributed by atoms with Crippen molar-refractivity contribution in [1.82, 2.24) is 0 Å². The number of rotatable bonds is 1. The van der Waals surface area contributed by atoms with Crippen LogP contribution >= 0.6 is 15.9 Å². The van der Waals surface area contributed by atoms with E-state index in [1.807, 2.05) is 0 Å². The Morgan fingerprint density at radius 1 is 1.08 bits per heavy atom. The molecule has 0 nitrogen and oxygen atoms in total. The highest BCUT2D eigenvalue weighted by Crippen LogP contribution is 2.27. The summed E-state index contributed by atoms with van der Waals surface area (Å²) in [5.74, 6) is -2.48. The molecule has 0 aromatic heterocycles. The first-order valence-electron chi connectivity index (χ1n) is 2.95. The van der Waals surface area contributed by atoms with Gasteiger partial charge in [-0.25, -0.2) is 17.6 Å². The van der Waals surface area contributed by atoms with Gasteiger partial charge in [0.1, 0.15) is 11.6 Å². The standard InChI is InChI=1S/C7H3BrF4/c8-3-1-4(9)6(7(11)12)5(10)2-3/h1-2,7H. The second kappa shape index (κ2) is 3.43. The van der Waals surface area contributed by atoms with E-state index < -0.39 is 23.6 Å². The van der Waals surface area contributed by atoms with E-state index in [0.717, 1.165) is 12.1 Å². The summed E-state index contributed by atoms with van der Waals surface area (Å²) in [4.78, 5) is 0. The number of hydrogen-bond donors (Lipinski definition) is 0. The minimum Gasteiger partial charge on any atom is -0.206 e. The van der Waals surface area contributed by atoms with Crippen molar-refractivity contribution in [3.8, 4) is 0 Å². The third-order valence-electron chi connectivity index (χ3n) is 1.26. The molecule has 5 heteroatoms. The third-order valence-corrected chi connectivity index (χ3v) is 1.72. The predicted molar refractivity (Wildman–Crippen MR) is 39.0 cm³/mol. The lowest BCUT2D eigenvalue weighted by Crippen LogP contribution is -1.95. The molecular formula is C7H3BrF4. The fraction of sp³-hybridized carbons (Fsp3) is 0.143. The Bertz CT molecular complexity index is 274. The number of halogens is 5. The molecule has 1 aromatic carbocycles. The molecule has 0 aliphatic heterocycles. The quantitative estimate of drug-likeness (QED) is 0.660. The summed E-state index contributed by atoms with van der Waals surface area (Å²) in [6.45, 7) is 0. The van der Waals surface area contributed by atoms with Crippen LogP contribution in [0.3, 0.4) is 0 Å². The monoisotopic (exact) mass is 242 g/mol. The second-order valence-electron chi connectivity index (χ2n) is 2.08. The summed E-state index contributed by atoms with van der Waals surface area (Å²) >= 11 is 2.77. The van der Waals surface area contributed by atoms with Gasteiger partial charge in [-0.05, 0) is 12.1 Å². The first kappa shape index (κ1) is 9.51. The van der Waals surface area contributed by atoms with Gasteiger partial charge in [-0.2, -0.15) is 0 Å². The molecule has 0 spiro atoms. The number of alkyl halides is 2. The Morgan fingerprint density at radius 2 is 1.50 bits per heavy atom. The van der Waals surface area contributed by atoms with Gasteiger partial charge in [0.25, 0.3) is 6.43 Å². The summed E-state index contributed by atoms with van der Waals surface area (Å²) in [7, 11) is 0. The van der Waals surface area contributed by atoms with E-state index in [1.54, 1.807) is 0 Å². The molecule has 0 fully saturated rings. The zero-order valence-electron chi connectivity index (χ0n) is 5.62. The van der Waals surface area contributed by atoms with Gasteiger partial charge in [0.2, 0.25) is 0 Å². The fourth-order valence-electron chi connectivity index (χ4n) is 0.762. The topological polar surface area (TPSA) is 0 Å². The van der Waals surface area contributed by atoms with E-state index >= 15 is 0 Å². The normalized spacial score (nSPS) is 10.8. The SMILES string of the molecule is Fc1cc(Br)cc(F)c1C(F)F. The average molecular weight is 243 g/mol. The summed E-state index contributed by atoms with van der Waals surface area (Å²) < 4.78 is 49.2. The molecule has 0 aliphatic rings. The van der Waals surface area contributed by atoms with Gasteiger partial charge in [0.15, 0.2) is 0 Å². The van der Waals surface area contributed by atoms with Crippen LogP contribution in [0.2, 0.25) is 0 Å². The Hall–Kier alpha value is -0.580. The molecular weight excluding hydrogens is 240 g/mol. The third kappa shape index (κ3) is 1.77. The van der Waals surface area contributed by atoms with Gasteiger partial charge in [0.05, 0.1) is 5.56 Å². The molecule has 0 radical (unpaired) electrons. The molecule has 0 amide bonds. The maximum atomic E-state index is 12.6. The van der Waals surface area contributed by atoms with Crippen LogP contribution in [0.25, 0.3) is 0 Å². The average Bonchev–Trinajstić information content (AvgIpc) is 1.82. The zero-order valence-corrected chi connectivity index (χ0v) is 7.21. The van der Waals surface area contributed by atoms with Crippen molar-refractivity contribution in [3.05, 3.63) is 33.8 Å². The smallest absolute Gasteiger partial charge is 0.206 e. The van der Waals surface area contributed by atoms with Crippen LogP contribution in [0.1, 0.15) is 12.0 Å². The van der Waals surface area contributed by atoms with Gasteiger partial charge < -0.3 is 0 Å². The van der Waals surface area contributed by atoms with Crippen LogP contribution in [-0.2, 0) is 0 Å². The van der Waals surface area contributed by atoms with Gasteiger partial charge in [0, 0.05) is 4.47 Å². The van der Waals surface area contributed by atoms with E-state index in [4.69, 9.17) is 0 Å². The van der Waals surface area contributed by atoms with Crippen LogP contribution in [-0.4, -0.2) is 0 Å². The van der Waals surface area contributed by atoms with Crippen LogP contribution in [0, 0.1) is 11.6 Å². The van der Waals surface area contributed by atoms with Crippen LogP contribution < -0.4 is 0 Å². The minimum atomic E-state index is -3.13. The van der Waals surface area contributed by atoms with E-state index in [0.29, 0.717) is 0 Å². The summed E-state index contributed by atoms with van der Waals surface area (Å²) in [6, 6.07) is 1.59. The largest absolute Gasteiger partial charge is 0.269 e. The van der Waals surface area contributed by atoms with Crippen molar-refractivity contribution in [2.24, 2.45) is 0 Å². The van der Waals surface area contributed by atoms with Gasteiger partial charge in [-0.3, -0.25) is 0 Å². The van der Waals surface area contributed by atoms with Gasteiger partial charge >= 0.3 is 0 Å². The zero-order chi connectivity index (χ0) is 9.30. The molecule has 0 bridgehead atoms. The maximum Gasteiger partial charge on any atom is 0.269 e. The Labute approximate surface area is 74.3 Å². The van der Waals surface area contributed by atoms with Crippen molar-refractivity contribution in [3.63, 3.8) is 0 Å². The molecule has 1 rings (SSSR count). The van der Waals surface area contributed by atoms with Crippen molar-refractivity contribution >= 4 is 15.9 Å². The molecule has 0 heterocycles. The molecule has 0 saturated carbocycles. The first-order valence-corrected chi connectivity index (χ1v) is 3.74. The lowest BCUT2D eigenvalue weighted by molar-refractivity contribution is 0.141. The van der Waals surface area contributed by atoms with Crippen molar-refractivity contribution in [2.75, 3.05) is 0 Å². The summed E-state index contributed by atoms with van der Waals surface area (Å²) in [5, 5.41) is 0. The maximum absolute atomic E-state index is 12.6. The molecule has 1 aromatic rings. The minimum absolute atomic E-state index is 0.0990. The lowest BCUT2D eigenvalue weighted by Gasteiger charge is -2.03. The number of hydrogen-bond acceptors (Lipinski definition) is 0. The predicted octanol–water partition coefficient (Wildman–Crippen LogP) is 3.66. The number of benzene rings is 1. The molecule has 12 heavy (non-hydrogen) atoms. The molecule has 0 atom stereocenters. The Kier molecular flexibility index (Phi) is 2.72. The highest BCUT2D eigenvalue weighted by atomic mass is 79.9. The molecule has 0 aliphatic carbocycles. The van der Waals surface area contributed by atoms with Crippen molar-refractivity contribution in [2.45, 2.75) is 6.43 Å². The Balaban J connectivity index is 3.28.